The van der Waals surface area contributed by atoms with Crippen molar-refractivity contribution in [1.82, 2.24) is 5.16 Å². The zero-order valence-electron chi connectivity index (χ0n) is 8.75. The monoisotopic (exact) mass is 237 g/mol. The first-order valence-corrected chi connectivity index (χ1v) is 6.79. The van der Waals surface area contributed by atoms with Gasteiger partial charge in [-0.2, -0.15) is 0 Å². The van der Waals surface area contributed by atoms with Crippen molar-refractivity contribution in [1.29, 1.82) is 0 Å². The molecule has 5 heteroatoms. The summed E-state index contributed by atoms with van der Waals surface area (Å²) in [6.45, 7) is 0. The third kappa shape index (κ3) is 2.49. The zero-order valence-corrected chi connectivity index (χ0v) is 9.57. The van der Waals surface area contributed by atoms with Crippen LogP contribution in [0.3, 0.4) is 0 Å². The second-order valence-electron chi connectivity index (χ2n) is 3.60. The van der Waals surface area contributed by atoms with Crippen molar-refractivity contribution in [3.63, 3.8) is 0 Å². The maximum absolute atomic E-state index is 11.3. The van der Waals surface area contributed by atoms with E-state index in [1.54, 1.807) is 18.2 Å². The van der Waals surface area contributed by atoms with E-state index < -0.39 is 9.84 Å². The molecule has 0 spiro atoms. The maximum Gasteiger partial charge on any atom is 0.167 e. The molecule has 1 heterocycles. The molecule has 1 aromatic heterocycles. The first-order chi connectivity index (χ1) is 7.56. The predicted octanol–water partition coefficient (Wildman–Crippen LogP) is 1.89. The van der Waals surface area contributed by atoms with Crippen molar-refractivity contribution in [2.24, 2.45) is 0 Å². The van der Waals surface area contributed by atoms with Gasteiger partial charge in [-0.3, -0.25) is 0 Å². The molecule has 0 atom stereocenters. The quantitative estimate of drug-likeness (QED) is 0.817. The summed E-state index contributed by atoms with van der Waals surface area (Å²) < 4.78 is 27.6. The zero-order chi connectivity index (χ0) is 11.6. The third-order valence-electron chi connectivity index (χ3n) is 2.14. The topological polar surface area (TPSA) is 60.2 Å². The van der Waals surface area contributed by atoms with Crippen LogP contribution >= 0.6 is 0 Å². The number of hydrogen-bond donors (Lipinski definition) is 0. The van der Waals surface area contributed by atoms with Crippen LogP contribution in [0.25, 0.3) is 11.3 Å². The summed E-state index contributed by atoms with van der Waals surface area (Å²) in [5, 5.41) is 3.61. The molecule has 1 aromatic carbocycles. The predicted molar refractivity (Wildman–Crippen MR) is 60.5 cm³/mol. The molecule has 0 fully saturated rings. The van der Waals surface area contributed by atoms with Crippen LogP contribution in [0.2, 0.25) is 0 Å². The lowest BCUT2D eigenvalue weighted by Crippen LogP contribution is -2.01. The number of sulfone groups is 1. The second kappa shape index (κ2) is 4.09. The molecule has 0 saturated heterocycles. The standard InChI is InChI=1S/C11H11NO3S/c1-16(13,14)8-9-4-2-3-5-10(9)11-6-7-12-15-11/h2-7H,8H2,1H3. The molecule has 0 amide bonds. The molecule has 0 unspecified atom stereocenters. The number of hydrogen-bond acceptors (Lipinski definition) is 4. The van der Waals surface area contributed by atoms with E-state index in [4.69, 9.17) is 4.52 Å². The lowest BCUT2D eigenvalue weighted by atomic mass is 10.1. The highest BCUT2D eigenvalue weighted by Crippen LogP contribution is 2.24. The molecule has 0 aliphatic rings. The molecule has 2 rings (SSSR count). The van der Waals surface area contributed by atoms with Gasteiger partial charge < -0.3 is 4.52 Å². The maximum atomic E-state index is 11.3. The minimum Gasteiger partial charge on any atom is -0.356 e. The molecule has 4 nitrogen and oxygen atoms in total. The molecular formula is C11H11NO3S. The minimum atomic E-state index is -3.05. The summed E-state index contributed by atoms with van der Waals surface area (Å²) in [4.78, 5) is 0. The van der Waals surface area contributed by atoms with E-state index in [9.17, 15) is 8.42 Å². The van der Waals surface area contributed by atoms with Gasteiger partial charge in [-0.1, -0.05) is 29.4 Å². The van der Waals surface area contributed by atoms with E-state index in [1.165, 1.54) is 12.5 Å². The average Bonchev–Trinajstić information content (AvgIpc) is 2.69. The van der Waals surface area contributed by atoms with E-state index in [0.717, 1.165) is 11.1 Å². The molecule has 0 aliphatic carbocycles. The highest BCUT2D eigenvalue weighted by molar-refractivity contribution is 7.89. The Labute approximate surface area is 93.8 Å². The van der Waals surface area contributed by atoms with Gasteiger partial charge in [-0.05, 0) is 5.56 Å². The van der Waals surface area contributed by atoms with Crippen LogP contribution < -0.4 is 0 Å². The lowest BCUT2D eigenvalue weighted by molar-refractivity contribution is 0.432. The fraction of sp³-hybridized carbons (Fsp3) is 0.182. The lowest BCUT2D eigenvalue weighted by Gasteiger charge is -2.04. The van der Waals surface area contributed by atoms with Gasteiger partial charge in [0, 0.05) is 17.9 Å². The molecule has 0 radical (unpaired) electrons. The van der Waals surface area contributed by atoms with Crippen LogP contribution in [0.1, 0.15) is 5.56 Å². The average molecular weight is 237 g/mol. The van der Waals surface area contributed by atoms with E-state index >= 15 is 0 Å². The molecule has 2 aromatic rings. The fourth-order valence-electron chi connectivity index (χ4n) is 1.52. The summed E-state index contributed by atoms with van der Waals surface area (Å²) in [5.74, 6) is 0.586. The summed E-state index contributed by atoms with van der Waals surface area (Å²) in [6, 6.07) is 8.95. The number of benzene rings is 1. The summed E-state index contributed by atoms with van der Waals surface area (Å²) >= 11 is 0. The van der Waals surface area contributed by atoms with Crippen molar-refractivity contribution < 1.29 is 12.9 Å². The van der Waals surface area contributed by atoms with Gasteiger partial charge in [0.2, 0.25) is 0 Å². The Bertz CT molecular complexity index is 573. The smallest absolute Gasteiger partial charge is 0.167 e. The van der Waals surface area contributed by atoms with Gasteiger partial charge in [0.15, 0.2) is 15.6 Å². The van der Waals surface area contributed by atoms with Gasteiger partial charge in [0.05, 0.1) is 11.9 Å². The molecule has 0 saturated carbocycles. The van der Waals surface area contributed by atoms with E-state index in [0.29, 0.717) is 5.76 Å². The van der Waals surface area contributed by atoms with Crippen LogP contribution in [0, 0.1) is 0 Å². The molecule has 16 heavy (non-hydrogen) atoms. The van der Waals surface area contributed by atoms with Crippen LogP contribution in [-0.4, -0.2) is 19.8 Å². The Morgan fingerprint density at radius 1 is 1.25 bits per heavy atom. The fourth-order valence-corrected chi connectivity index (χ4v) is 2.34. The van der Waals surface area contributed by atoms with Crippen LogP contribution in [0.4, 0.5) is 0 Å². The van der Waals surface area contributed by atoms with Crippen molar-refractivity contribution in [2.45, 2.75) is 5.75 Å². The first kappa shape index (κ1) is 10.9. The Kier molecular flexibility index (Phi) is 2.78. The van der Waals surface area contributed by atoms with Crippen molar-refractivity contribution in [3.8, 4) is 11.3 Å². The Morgan fingerprint density at radius 2 is 2.00 bits per heavy atom. The SMILES string of the molecule is CS(=O)(=O)Cc1ccccc1-c1ccno1. The van der Waals surface area contributed by atoms with Crippen molar-refractivity contribution in [2.75, 3.05) is 6.26 Å². The molecule has 0 bridgehead atoms. The molecule has 0 aliphatic heterocycles. The summed E-state index contributed by atoms with van der Waals surface area (Å²) in [5.41, 5.74) is 1.49. The molecular weight excluding hydrogens is 226 g/mol. The van der Waals surface area contributed by atoms with Gasteiger partial charge in [-0.25, -0.2) is 8.42 Å². The van der Waals surface area contributed by atoms with Gasteiger partial charge in [0.25, 0.3) is 0 Å². The minimum absolute atomic E-state index is 0.00384. The largest absolute Gasteiger partial charge is 0.356 e. The normalized spacial score (nSPS) is 11.6. The van der Waals surface area contributed by atoms with Gasteiger partial charge >= 0.3 is 0 Å². The van der Waals surface area contributed by atoms with Crippen LogP contribution in [-0.2, 0) is 15.6 Å². The van der Waals surface area contributed by atoms with Crippen LogP contribution in [0.5, 0.6) is 0 Å². The van der Waals surface area contributed by atoms with E-state index in [1.807, 2.05) is 12.1 Å². The Balaban J connectivity index is 2.47. The van der Waals surface area contributed by atoms with Crippen molar-refractivity contribution in [3.05, 3.63) is 42.1 Å². The third-order valence-corrected chi connectivity index (χ3v) is 2.97. The van der Waals surface area contributed by atoms with E-state index in [2.05, 4.69) is 5.16 Å². The Morgan fingerprint density at radius 3 is 2.62 bits per heavy atom. The van der Waals surface area contributed by atoms with Crippen LogP contribution in [0.15, 0.2) is 41.1 Å². The summed E-state index contributed by atoms with van der Waals surface area (Å²) in [6.07, 6.45) is 2.75. The van der Waals surface area contributed by atoms with Gasteiger partial charge in [-0.15, -0.1) is 0 Å². The number of nitrogens with zero attached hydrogens (tertiary/aromatic N) is 1. The van der Waals surface area contributed by atoms with E-state index in [-0.39, 0.29) is 5.75 Å². The number of rotatable bonds is 3. The molecule has 84 valence electrons. The number of aromatic nitrogens is 1. The summed E-state index contributed by atoms with van der Waals surface area (Å²) in [7, 11) is -3.05. The highest BCUT2D eigenvalue weighted by Gasteiger charge is 2.12. The highest BCUT2D eigenvalue weighted by atomic mass is 32.2. The molecule has 0 N–H and O–H groups in total. The van der Waals surface area contributed by atoms with Crippen molar-refractivity contribution >= 4 is 9.84 Å². The second-order valence-corrected chi connectivity index (χ2v) is 5.74. The van der Waals surface area contributed by atoms with Gasteiger partial charge in [0.1, 0.15) is 0 Å². The Hall–Kier alpha value is -1.62. The first-order valence-electron chi connectivity index (χ1n) is 4.73.